The highest BCUT2D eigenvalue weighted by Crippen LogP contribution is 2.25. The zero-order valence-corrected chi connectivity index (χ0v) is 11.8. The number of hydrogen-bond donors (Lipinski definition) is 1. The first kappa shape index (κ1) is 14.5. The number of aliphatic hydroxyl groups excluding tert-OH is 1. The van der Waals surface area contributed by atoms with Crippen molar-refractivity contribution in [2.24, 2.45) is 0 Å². The lowest BCUT2D eigenvalue weighted by Crippen LogP contribution is -2.43. The Labute approximate surface area is 119 Å². The van der Waals surface area contributed by atoms with Crippen LogP contribution in [0.2, 0.25) is 5.02 Å². The third-order valence-corrected chi connectivity index (χ3v) is 3.92. The molecule has 0 atom stereocenters. The number of nitrogens with zero attached hydrogens (tertiary/aromatic N) is 1. The molecule has 0 amide bonds. The van der Waals surface area contributed by atoms with E-state index < -0.39 is 0 Å². The fourth-order valence-electron chi connectivity index (χ4n) is 2.35. The summed E-state index contributed by atoms with van der Waals surface area (Å²) in [5.41, 5.74) is 0.667. The van der Waals surface area contributed by atoms with Gasteiger partial charge in [-0.05, 0) is 31.4 Å². The first-order valence-corrected chi connectivity index (χ1v) is 7.22. The maximum atomic E-state index is 12.3. The predicted molar refractivity (Wildman–Crippen MR) is 76.7 cm³/mol. The van der Waals surface area contributed by atoms with Gasteiger partial charge < -0.3 is 5.11 Å². The van der Waals surface area contributed by atoms with Crippen molar-refractivity contribution in [1.29, 1.82) is 0 Å². The molecule has 1 aromatic carbocycles. The summed E-state index contributed by atoms with van der Waals surface area (Å²) in [6.45, 7) is 1.38. The average molecular weight is 282 g/mol. The van der Waals surface area contributed by atoms with Crippen molar-refractivity contribution >= 4 is 17.4 Å². The smallest absolute Gasteiger partial charge is 0.176 e. The molecule has 3 nitrogen and oxygen atoms in total. The average Bonchev–Trinajstić information content (AvgIpc) is 2.33. The first-order chi connectivity index (χ1) is 9.20. The second kappa shape index (κ2) is 7.04. The van der Waals surface area contributed by atoms with Gasteiger partial charge in [0.1, 0.15) is 0 Å². The quantitative estimate of drug-likeness (QED) is 0.781. The molecule has 0 radical (unpaired) electrons. The molecule has 1 aliphatic rings. The van der Waals surface area contributed by atoms with Gasteiger partial charge in [-0.1, -0.05) is 30.2 Å². The summed E-state index contributed by atoms with van der Waals surface area (Å²) < 4.78 is 0. The van der Waals surface area contributed by atoms with E-state index >= 15 is 0 Å². The van der Waals surface area contributed by atoms with Crippen LogP contribution in [0.1, 0.15) is 36.0 Å². The van der Waals surface area contributed by atoms with Crippen LogP contribution in [0.3, 0.4) is 0 Å². The van der Waals surface area contributed by atoms with Crippen molar-refractivity contribution in [2.75, 3.05) is 19.7 Å². The lowest BCUT2D eigenvalue weighted by atomic mass is 9.91. The Morgan fingerprint density at radius 3 is 2.79 bits per heavy atom. The van der Waals surface area contributed by atoms with Crippen molar-refractivity contribution < 1.29 is 9.90 Å². The van der Waals surface area contributed by atoms with Crippen LogP contribution >= 0.6 is 11.6 Å². The Bertz CT molecular complexity index is 432. The second-order valence-corrected chi connectivity index (χ2v) is 5.50. The molecule has 1 fully saturated rings. The molecule has 0 unspecified atom stereocenters. The van der Waals surface area contributed by atoms with E-state index in [1.165, 1.54) is 6.42 Å². The van der Waals surface area contributed by atoms with Crippen LogP contribution in [0.5, 0.6) is 0 Å². The molecule has 4 heteroatoms. The Morgan fingerprint density at radius 1 is 1.42 bits per heavy atom. The maximum Gasteiger partial charge on any atom is 0.176 e. The van der Waals surface area contributed by atoms with Crippen LogP contribution in [-0.2, 0) is 0 Å². The van der Waals surface area contributed by atoms with E-state index in [-0.39, 0.29) is 12.4 Å². The fraction of sp³-hybridized carbons (Fsp3) is 0.533. The van der Waals surface area contributed by atoms with Gasteiger partial charge in [-0.3, -0.25) is 9.69 Å². The van der Waals surface area contributed by atoms with Crippen LogP contribution < -0.4 is 0 Å². The van der Waals surface area contributed by atoms with Gasteiger partial charge in [0.05, 0.1) is 6.54 Å². The fourth-order valence-corrected chi connectivity index (χ4v) is 2.54. The number of halogens is 1. The minimum absolute atomic E-state index is 0.104. The van der Waals surface area contributed by atoms with Crippen molar-refractivity contribution in [1.82, 2.24) is 4.90 Å². The van der Waals surface area contributed by atoms with Crippen LogP contribution in [0, 0.1) is 0 Å². The molecule has 1 aliphatic carbocycles. The van der Waals surface area contributed by atoms with Crippen molar-refractivity contribution in [3.63, 3.8) is 0 Å². The van der Waals surface area contributed by atoms with E-state index in [1.54, 1.807) is 24.3 Å². The van der Waals surface area contributed by atoms with Gasteiger partial charge in [0, 0.05) is 29.8 Å². The molecule has 0 aromatic heterocycles. The van der Waals surface area contributed by atoms with Crippen LogP contribution in [0.25, 0.3) is 0 Å². The largest absolute Gasteiger partial charge is 0.396 e. The second-order valence-electron chi connectivity index (χ2n) is 5.07. The summed E-state index contributed by atoms with van der Waals surface area (Å²) >= 11 is 5.91. The molecule has 1 aromatic rings. The molecule has 0 spiro atoms. The van der Waals surface area contributed by atoms with Crippen LogP contribution in [0.4, 0.5) is 0 Å². The maximum absolute atomic E-state index is 12.3. The normalized spacial score (nSPS) is 15.5. The Kier molecular flexibility index (Phi) is 5.37. The summed E-state index contributed by atoms with van der Waals surface area (Å²) in [4.78, 5) is 14.4. The zero-order valence-electron chi connectivity index (χ0n) is 11.0. The van der Waals surface area contributed by atoms with E-state index in [4.69, 9.17) is 16.7 Å². The van der Waals surface area contributed by atoms with E-state index in [9.17, 15) is 4.79 Å². The van der Waals surface area contributed by atoms with Crippen molar-refractivity contribution in [3.8, 4) is 0 Å². The summed E-state index contributed by atoms with van der Waals surface area (Å²) in [6.07, 6.45) is 4.29. The molecular formula is C15H20ClNO2. The van der Waals surface area contributed by atoms with E-state index in [2.05, 4.69) is 4.90 Å². The monoisotopic (exact) mass is 281 g/mol. The Balaban J connectivity index is 1.97. The van der Waals surface area contributed by atoms with Crippen molar-refractivity contribution in [3.05, 3.63) is 34.9 Å². The van der Waals surface area contributed by atoms with Crippen LogP contribution in [-0.4, -0.2) is 41.5 Å². The molecule has 2 rings (SSSR count). The number of aliphatic hydroxyl groups is 1. The Hall–Kier alpha value is -0.900. The number of benzene rings is 1. The van der Waals surface area contributed by atoms with Gasteiger partial charge in [0.2, 0.25) is 0 Å². The molecule has 0 aliphatic heterocycles. The van der Waals surface area contributed by atoms with Crippen LogP contribution in [0.15, 0.2) is 24.3 Å². The highest BCUT2D eigenvalue weighted by molar-refractivity contribution is 6.31. The van der Waals surface area contributed by atoms with Gasteiger partial charge >= 0.3 is 0 Å². The van der Waals surface area contributed by atoms with Gasteiger partial charge in [-0.25, -0.2) is 0 Å². The van der Waals surface area contributed by atoms with Gasteiger partial charge in [0.25, 0.3) is 0 Å². The minimum atomic E-state index is 0.104. The molecule has 19 heavy (non-hydrogen) atoms. The summed E-state index contributed by atoms with van der Waals surface area (Å²) in [7, 11) is 0. The molecule has 1 N–H and O–H groups in total. The van der Waals surface area contributed by atoms with E-state index in [0.29, 0.717) is 23.2 Å². The molecule has 0 saturated heterocycles. The minimum Gasteiger partial charge on any atom is -0.396 e. The third-order valence-electron chi connectivity index (χ3n) is 3.69. The number of carbonyl (C=O) groups is 1. The molecular weight excluding hydrogens is 262 g/mol. The number of hydrogen-bond acceptors (Lipinski definition) is 3. The number of carbonyl (C=O) groups excluding carboxylic acids is 1. The number of Topliss-reactive ketones (excluding diaryl/α,β-unsaturated/α-hetero) is 1. The Morgan fingerprint density at radius 2 is 2.21 bits per heavy atom. The SMILES string of the molecule is O=C(CN(CCCO)C1CCC1)c1cccc(Cl)c1. The topological polar surface area (TPSA) is 40.5 Å². The summed E-state index contributed by atoms with van der Waals surface area (Å²) in [5, 5.41) is 9.54. The summed E-state index contributed by atoms with van der Waals surface area (Å²) in [5.74, 6) is 0.104. The molecule has 0 bridgehead atoms. The third kappa shape index (κ3) is 4.03. The van der Waals surface area contributed by atoms with E-state index in [1.807, 2.05) is 0 Å². The van der Waals surface area contributed by atoms with E-state index in [0.717, 1.165) is 25.8 Å². The number of rotatable bonds is 7. The zero-order chi connectivity index (χ0) is 13.7. The van der Waals surface area contributed by atoms with Gasteiger partial charge in [-0.15, -0.1) is 0 Å². The highest BCUT2D eigenvalue weighted by Gasteiger charge is 2.26. The van der Waals surface area contributed by atoms with Gasteiger partial charge in [0.15, 0.2) is 5.78 Å². The molecule has 1 saturated carbocycles. The summed E-state index contributed by atoms with van der Waals surface area (Å²) in [6, 6.07) is 7.61. The highest BCUT2D eigenvalue weighted by atomic mass is 35.5. The first-order valence-electron chi connectivity index (χ1n) is 6.84. The van der Waals surface area contributed by atoms with Crippen molar-refractivity contribution in [2.45, 2.75) is 31.7 Å². The number of ketones is 1. The lowest BCUT2D eigenvalue weighted by Gasteiger charge is -2.37. The standard InChI is InChI=1S/C15H20ClNO2/c16-13-5-1-4-12(10-13)15(19)11-17(8-3-9-18)14-6-2-7-14/h1,4-5,10,14,18H,2-3,6-9,11H2. The predicted octanol–water partition coefficient (Wildman–Crippen LogP) is 2.76. The van der Waals surface area contributed by atoms with Gasteiger partial charge in [-0.2, -0.15) is 0 Å². The molecule has 104 valence electrons. The lowest BCUT2D eigenvalue weighted by molar-refractivity contribution is 0.0788. The molecule has 0 heterocycles.